The van der Waals surface area contributed by atoms with Crippen molar-refractivity contribution in [1.82, 2.24) is 24.7 Å². The Morgan fingerprint density at radius 3 is 2.65 bits per heavy atom. The standard InChI is InChI=1S/C17H17N7OS/c25-16(13-2-1-3-18-8-13)22-14-9-21-24(12-14)17-19-10-15(11-20-17)23-4-6-26-7-5-23/h1-3,8-12H,4-7H2,(H,22,25). The van der Waals surface area contributed by atoms with Crippen LogP contribution in [0.3, 0.4) is 0 Å². The molecule has 0 aliphatic carbocycles. The summed E-state index contributed by atoms with van der Waals surface area (Å²) >= 11 is 1.96. The van der Waals surface area contributed by atoms with Crippen LogP contribution in [0.2, 0.25) is 0 Å². The van der Waals surface area contributed by atoms with E-state index in [-0.39, 0.29) is 5.91 Å². The Kier molecular flexibility index (Phi) is 4.78. The smallest absolute Gasteiger partial charge is 0.257 e. The van der Waals surface area contributed by atoms with Gasteiger partial charge in [-0.1, -0.05) is 0 Å². The first-order chi connectivity index (χ1) is 12.8. The normalized spacial score (nSPS) is 14.2. The van der Waals surface area contributed by atoms with Crippen LogP contribution in [0.25, 0.3) is 5.95 Å². The maximum absolute atomic E-state index is 12.2. The predicted molar refractivity (Wildman–Crippen MR) is 101 cm³/mol. The van der Waals surface area contributed by atoms with E-state index in [1.54, 1.807) is 30.7 Å². The van der Waals surface area contributed by atoms with E-state index in [0.717, 1.165) is 30.3 Å². The largest absolute Gasteiger partial charge is 0.367 e. The maximum Gasteiger partial charge on any atom is 0.257 e. The number of thioether (sulfide) groups is 1. The summed E-state index contributed by atoms with van der Waals surface area (Å²) in [5.41, 5.74) is 2.08. The minimum absolute atomic E-state index is 0.239. The van der Waals surface area contributed by atoms with Crippen molar-refractivity contribution in [3.63, 3.8) is 0 Å². The molecule has 0 atom stereocenters. The molecular weight excluding hydrogens is 350 g/mol. The molecule has 1 aliphatic rings. The first kappa shape index (κ1) is 16.5. The minimum atomic E-state index is -0.239. The van der Waals surface area contributed by atoms with Gasteiger partial charge in [-0.3, -0.25) is 9.78 Å². The highest BCUT2D eigenvalue weighted by Gasteiger charge is 2.13. The van der Waals surface area contributed by atoms with E-state index in [4.69, 9.17) is 0 Å². The van der Waals surface area contributed by atoms with Crippen molar-refractivity contribution in [3.05, 3.63) is 54.9 Å². The van der Waals surface area contributed by atoms with Crippen LogP contribution in [0.4, 0.5) is 11.4 Å². The molecular formula is C17H17N7OS. The number of hydrogen-bond donors (Lipinski definition) is 1. The Balaban J connectivity index is 1.45. The first-order valence-corrected chi connectivity index (χ1v) is 9.36. The molecule has 0 radical (unpaired) electrons. The molecule has 9 heteroatoms. The van der Waals surface area contributed by atoms with Gasteiger partial charge in [-0.2, -0.15) is 16.9 Å². The zero-order valence-corrected chi connectivity index (χ0v) is 14.8. The van der Waals surface area contributed by atoms with Gasteiger partial charge in [-0.25, -0.2) is 14.6 Å². The van der Waals surface area contributed by atoms with Crippen molar-refractivity contribution in [1.29, 1.82) is 0 Å². The SMILES string of the molecule is O=C(Nc1cnn(-c2ncc(N3CCSCC3)cn2)c1)c1cccnc1. The number of pyridine rings is 1. The summed E-state index contributed by atoms with van der Waals surface area (Å²) in [5, 5.41) is 7.00. The summed E-state index contributed by atoms with van der Waals surface area (Å²) in [7, 11) is 0. The third kappa shape index (κ3) is 3.67. The van der Waals surface area contributed by atoms with Crippen LogP contribution >= 0.6 is 11.8 Å². The number of nitrogens with zero attached hydrogens (tertiary/aromatic N) is 6. The Morgan fingerprint density at radius 2 is 1.92 bits per heavy atom. The average Bonchev–Trinajstić information content (AvgIpc) is 3.18. The van der Waals surface area contributed by atoms with Crippen molar-refractivity contribution < 1.29 is 4.79 Å². The Labute approximate surface area is 154 Å². The zero-order chi connectivity index (χ0) is 17.8. The summed E-state index contributed by atoms with van der Waals surface area (Å²) in [5.74, 6) is 2.47. The molecule has 0 bridgehead atoms. The predicted octanol–water partition coefficient (Wildman–Crippen LogP) is 1.86. The van der Waals surface area contributed by atoms with Gasteiger partial charge in [0.25, 0.3) is 11.9 Å². The second kappa shape index (κ2) is 7.52. The number of hydrogen-bond acceptors (Lipinski definition) is 7. The van der Waals surface area contributed by atoms with Crippen molar-refractivity contribution in [2.24, 2.45) is 0 Å². The van der Waals surface area contributed by atoms with E-state index in [9.17, 15) is 4.79 Å². The van der Waals surface area contributed by atoms with Gasteiger partial charge in [0.2, 0.25) is 0 Å². The third-order valence-electron chi connectivity index (χ3n) is 3.97. The summed E-state index contributed by atoms with van der Waals surface area (Å²) in [6.45, 7) is 2.03. The topological polar surface area (TPSA) is 88.8 Å². The molecule has 132 valence electrons. The molecule has 26 heavy (non-hydrogen) atoms. The van der Waals surface area contributed by atoms with Crippen molar-refractivity contribution in [3.8, 4) is 5.95 Å². The molecule has 4 rings (SSSR count). The molecule has 0 unspecified atom stereocenters. The van der Waals surface area contributed by atoms with E-state index in [1.807, 2.05) is 24.2 Å². The van der Waals surface area contributed by atoms with Gasteiger partial charge in [0.15, 0.2) is 0 Å². The Bertz CT molecular complexity index is 876. The molecule has 1 saturated heterocycles. The molecule has 0 aromatic carbocycles. The fourth-order valence-electron chi connectivity index (χ4n) is 2.61. The highest BCUT2D eigenvalue weighted by Crippen LogP contribution is 2.18. The minimum Gasteiger partial charge on any atom is -0.367 e. The quantitative estimate of drug-likeness (QED) is 0.753. The number of aromatic nitrogens is 5. The lowest BCUT2D eigenvalue weighted by Gasteiger charge is -2.27. The fourth-order valence-corrected chi connectivity index (χ4v) is 3.52. The molecule has 1 N–H and O–H groups in total. The van der Waals surface area contributed by atoms with Crippen LogP contribution in [-0.2, 0) is 0 Å². The number of carbonyl (C=O) groups is 1. The molecule has 0 spiro atoms. The molecule has 1 amide bonds. The number of amides is 1. The zero-order valence-electron chi connectivity index (χ0n) is 13.9. The van der Waals surface area contributed by atoms with Crippen molar-refractivity contribution in [2.75, 3.05) is 34.8 Å². The Hall–Kier alpha value is -2.94. The molecule has 4 heterocycles. The first-order valence-electron chi connectivity index (χ1n) is 8.21. The second-order valence-corrected chi connectivity index (χ2v) is 6.93. The van der Waals surface area contributed by atoms with Gasteiger partial charge in [0, 0.05) is 37.0 Å². The number of carbonyl (C=O) groups excluding carboxylic acids is 1. The summed E-state index contributed by atoms with van der Waals surface area (Å²) in [4.78, 5) is 27.2. The number of nitrogens with one attached hydrogen (secondary N) is 1. The lowest BCUT2D eigenvalue weighted by Crippen LogP contribution is -2.32. The van der Waals surface area contributed by atoms with Crippen LogP contribution in [0.5, 0.6) is 0 Å². The van der Waals surface area contributed by atoms with E-state index in [0.29, 0.717) is 17.2 Å². The highest BCUT2D eigenvalue weighted by atomic mass is 32.2. The Morgan fingerprint density at radius 1 is 1.12 bits per heavy atom. The van der Waals surface area contributed by atoms with Gasteiger partial charge in [-0.15, -0.1) is 0 Å². The second-order valence-electron chi connectivity index (χ2n) is 5.71. The van der Waals surface area contributed by atoms with Crippen molar-refractivity contribution >= 4 is 29.0 Å². The van der Waals surface area contributed by atoms with Gasteiger partial charge in [0.1, 0.15) is 0 Å². The van der Waals surface area contributed by atoms with Gasteiger partial charge >= 0.3 is 0 Å². The number of rotatable bonds is 4. The summed E-state index contributed by atoms with van der Waals surface area (Å²) < 4.78 is 1.54. The molecule has 3 aromatic heterocycles. The molecule has 1 aliphatic heterocycles. The van der Waals surface area contributed by atoms with E-state index in [2.05, 4.69) is 30.3 Å². The van der Waals surface area contributed by atoms with Crippen LogP contribution in [0, 0.1) is 0 Å². The molecule has 8 nitrogen and oxygen atoms in total. The monoisotopic (exact) mass is 367 g/mol. The van der Waals surface area contributed by atoms with Crippen molar-refractivity contribution in [2.45, 2.75) is 0 Å². The van der Waals surface area contributed by atoms with Crippen LogP contribution in [0.1, 0.15) is 10.4 Å². The van der Waals surface area contributed by atoms with Crippen LogP contribution in [0.15, 0.2) is 49.3 Å². The molecule has 3 aromatic rings. The van der Waals surface area contributed by atoms with Crippen LogP contribution < -0.4 is 10.2 Å². The number of anilines is 2. The average molecular weight is 367 g/mol. The van der Waals surface area contributed by atoms with Crippen LogP contribution in [-0.4, -0.2) is 55.2 Å². The fraction of sp³-hybridized carbons (Fsp3) is 0.235. The lowest BCUT2D eigenvalue weighted by atomic mass is 10.3. The van der Waals surface area contributed by atoms with E-state index in [1.165, 1.54) is 10.9 Å². The van der Waals surface area contributed by atoms with Gasteiger partial charge < -0.3 is 10.2 Å². The third-order valence-corrected chi connectivity index (χ3v) is 4.91. The van der Waals surface area contributed by atoms with Gasteiger partial charge in [-0.05, 0) is 12.1 Å². The van der Waals surface area contributed by atoms with E-state index < -0.39 is 0 Å². The van der Waals surface area contributed by atoms with Gasteiger partial charge in [0.05, 0.1) is 41.7 Å². The highest BCUT2D eigenvalue weighted by molar-refractivity contribution is 7.99. The summed E-state index contributed by atoms with van der Waals surface area (Å²) in [6.07, 6.45) is 10.0. The lowest BCUT2D eigenvalue weighted by molar-refractivity contribution is 0.102. The van der Waals surface area contributed by atoms with E-state index >= 15 is 0 Å². The molecule has 0 saturated carbocycles. The summed E-state index contributed by atoms with van der Waals surface area (Å²) in [6, 6.07) is 3.42. The molecule has 1 fully saturated rings. The maximum atomic E-state index is 12.2.